The van der Waals surface area contributed by atoms with E-state index in [0.717, 1.165) is 38.3 Å². The number of piperazine rings is 1. The van der Waals surface area contributed by atoms with Gasteiger partial charge in [-0.25, -0.2) is 0 Å². The number of carbonyl (C=O) groups excluding carboxylic acids is 2. The summed E-state index contributed by atoms with van der Waals surface area (Å²) in [5.41, 5.74) is -0.521. The quantitative estimate of drug-likeness (QED) is 0.614. The van der Waals surface area contributed by atoms with Crippen LogP contribution in [-0.4, -0.2) is 83.0 Å². The number of hydrogen-bond donors (Lipinski definition) is 0. The molecule has 0 saturated carbocycles. The third-order valence-electron chi connectivity index (χ3n) is 6.72. The number of aromatic nitrogens is 2. The molecule has 2 saturated heterocycles. The van der Waals surface area contributed by atoms with Gasteiger partial charge in [0.15, 0.2) is 0 Å². The molecule has 0 bridgehead atoms. The number of hydrogen-bond acceptors (Lipinski definition) is 6. The van der Waals surface area contributed by atoms with Gasteiger partial charge in [0.1, 0.15) is 0 Å². The monoisotopic (exact) mass is 493 g/mol. The molecule has 0 unspecified atom stereocenters. The molecule has 8 nitrogen and oxygen atoms in total. The van der Waals surface area contributed by atoms with E-state index in [1.807, 2.05) is 11.9 Å². The second kappa shape index (κ2) is 10.8. The summed E-state index contributed by atoms with van der Waals surface area (Å²) in [6.45, 7) is 4.31. The van der Waals surface area contributed by atoms with Crippen molar-refractivity contribution in [3.63, 3.8) is 0 Å². The number of likely N-dealkylation sites (tertiary alicyclic amines) is 1. The minimum Gasteiger partial charge on any atom is -0.343 e. The van der Waals surface area contributed by atoms with Gasteiger partial charge in [0, 0.05) is 63.6 Å². The summed E-state index contributed by atoms with van der Waals surface area (Å²) in [6, 6.07) is 4.83. The number of piperidine rings is 1. The first-order valence-electron chi connectivity index (χ1n) is 12.0. The van der Waals surface area contributed by atoms with Gasteiger partial charge in [-0.1, -0.05) is 17.3 Å². The lowest BCUT2D eigenvalue weighted by Crippen LogP contribution is -2.47. The van der Waals surface area contributed by atoms with Crippen molar-refractivity contribution >= 4 is 11.8 Å². The van der Waals surface area contributed by atoms with E-state index in [4.69, 9.17) is 4.52 Å². The molecular formula is C24H30F3N5O3. The predicted molar refractivity (Wildman–Crippen MR) is 121 cm³/mol. The van der Waals surface area contributed by atoms with Crippen LogP contribution in [-0.2, 0) is 15.8 Å². The van der Waals surface area contributed by atoms with Crippen molar-refractivity contribution in [3.05, 3.63) is 35.7 Å². The number of carbonyl (C=O) groups is 2. The molecule has 1 aromatic heterocycles. The Morgan fingerprint density at radius 1 is 1.00 bits per heavy atom. The number of benzene rings is 1. The van der Waals surface area contributed by atoms with E-state index in [1.54, 1.807) is 4.90 Å². The summed E-state index contributed by atoms with van der Waals surface area (Å²) < 4.78 is 44.3. The molecule has 1 aromatic carbocycles. The highest BCUT2D eigenvalue weighted by atomic mass is 19.4. The van der Waals surface area contributed by atoms with Crippen molar-refractivity contribution in [3.8, 4) is 11.4 Å². The number of nitrogens with zero attached hydrogens (tertiary/aromatic N) is 5. The third-order valence-corrected chi connectivity index (χ3v) is 6.72. The van der Waals surface area contributed by atoms with E-state index < -0.39 is 11.7 Å². The van der Waals surface area contributed by atoms with E-state index >= 15 is 0 Å². The Morgan fingerprint density at radius 2 is 1.63 bits per heavy atom. The lowest BCUT2D eigenvalue weighted by molar-refractivity contribution is -0.137. The predicted octanol–water partition coefficient (Wildman–Crippen LogP) is 3.41. The molecule has 0 aliphatic carbocycles. The molecule has 2 aromatic rings. The largest absolute Gasteiger partial charge is 0.416 e. The van der Waals surface area contributed by atoms with Gasteiger partial charge in [0.25, 0.3) is 0 Å². The van der Waals surface area contributed by atoms with Crippen LogP contribution in [0.3, 0.4) is 0 Å². The fourth-order valence-corrected chi connectivity index (χ4v) is 4.49. The van der Waals surface area contributed by atoms with Crippen LogP contribution in [0.5, 0.6) is 0 Å². The second-order valence-electron chi connectivity index (χ2n) is 9.23. The van der Waals surface area contributed by atoms with Gasteiger partial charge >= 0.3 is 6.18 Å². The zero-order chi connectivity index (χ0) is 25.0. The van der Waals surface area contributed by atoms with E-state index in [0.29, 0.717) is 51.1 Å². The maximum Gasteiger partial charge on any atom is 0.416 e. The number of rotatable bonds is 6. The Bertz CT molecular complexity index is 1030. The molecule has 0 radical (unpaired) electrons. The van der Waals surface area contributed by atoms with Crippen LogP contribution in [0.2, 0.25) is 0 Å². The number of likely N-dealkylation sites (N-methyl/N-ethyl adjacent to an activating group) is 1. The normalized spacial score (nSPS) is 18.2. The van der Waals surface area contributed by atoms with Crippen molar-refractivity contribution in [2.24, 2.45) is 0 Å². The van der Waals surface area contributed by atoms with Crippen LogP contribution in [0.4, 0.5) is 13.2 Å². The minimum absolute atomic E-state index is 0.0322. The maximum atomic E-state index is 13.0. The molecule has 11 heteroatoms. The Kier molecular flexibility index (Phi) is 7.73. The topological polar surface area (TPSA) is 82.8 Å². The fraction of sp³-hybridized carbons (Fsp3) is 0.583. The third kappa shape index (κ3) is 6.39. The molecule has 2 fully saturated rings. The molecule has 2 aliphatic heterocycles. The number of halogens is 3. The van der Waals surface area contributed by atoms with Gasteiger partial charge in [-0.3, -0.25) is 9.59 Å². The van der Waals surface area contributed by atoms with Gasteiger partial charge in [0.2, 0.25) is 23.5 Å². The molecule has 190 valence electrons. The van der Waals surface area contributed by atoms with Crippen LogP contribution < -0.4 is 0 Å². The van der Waals surface area contributed by atoms with E-state index in [1.165, 1.54) is 12.1 Å². The minimum atomic E-state index is -4.44. The lowest BCUT2D eigenvalue weighted by Gasteiger charge is -2.32. The van der Waals surface area contributed by atoms with Crippen LogP contribution in [0.15, 0.2) is 28.8 Å². The number of alkyl halides is 3. The molecule has 2 amide bonds. The van der Waals surface area contributed by atoms with Gasteiger partial charge in [-0.15, -0.1) is 0 Å². The average molecular weight is 494 g/mol. The highest BCUT2D eigenvalue weighted by molar-refractivity contribution is 5.79. The lowest BCUT2D eigenvalue weighted by atomic mass is 9.96. The molecule has 3 heterocycles. The summed E-state index contributed by atoms with van der Waals surface area (Å²) >= 11 is 0. The zero-order valence-corrected chi connectivity index (χ0v) is 19.8. The van der Waals surface area contributed by atoms with Crippen LogP contribution in [0.25, 0.3) is 11.4 Å². The van der Waals surface area contributed by atoms with E-state index in [9.17, 15) is 22.8 Å². The number of amides is 2. The standard InChI is InChI=1S/C24H30F3N5O3/c1-30-12-14-32(15-13-30)21(34)7-3-6-20(33)31-10-8-17(9-11-31)23-28-22(29-35-23)18-4-2-5-19(16-18)24(25,26)27/h2,4-5,16-17H,3,6-15H2,1H3. The van der Waals surface area contributed by atoms with Crippen molar-refractivity contribution < 1.29 is 27.3 Å². The summed E-state index contributed by atoms with van der Waals surface area (Å²) in [4.78, 5) is 35.1. The van der Waals surface area contributed by atoms with Gasteiger partial charge in [0.05, 0.1) is 5.56 Å². The first-order chi connectivity index (χ1) is 16.7. The molecular weight excluding hydrogens is 463 g/mol. The highest BCUT2D eigenvalue weighted by Crippen LogP contribution is 2.33. The Morgan fingerprint density at radius 3 is 2.26 bits per heavy atom. The van der Waals surface area contributed by atoms with Crippen LogP contribution in [0, 0.1) is 0 Å². The van der Waals surface area contributed by atoms with Crippen molar-refractivity contribution in [1.82, 2.24) is 24.8 Å². The van der Waals surface area contributed by atoms with Crippen molar-refractivity contribution in [1.29, 1.82) is 0 Å². The first-order valence-corrected chi connectivity index (χ1v) is 12.0. The molecule has 0 spiro atoms. The fourth-order valence-electron chi connectivity index (χ4n) is 4.49. The maximum absolute atomic E-state index is 13.0. The van der Waals surface area contributed by atoms with E-state index in [-0.39, 0.29) is 29.1 Å². The first kappa shape index (κ1) is 25.2. The van der Waals surface area contributed by atoms with Crippen molar-refractivity contribution in [2.75, 3.05) is 46.3 Å². The van der Waals surface area contributed by atoms with Gasteiger partial charge < -0.3 is 19.2 Å². The molecule has 0 N–H and O–H groups in total. The molecule has 2 aliphatic rings. The Balaban J connectivity index is 1.23. The zero-order valence-electron chi connectivity index (χ0n) is 19.8. The Hall–Kier alpha value is -2.95. The molecule has 0 atom stereocenters. The van der Waals surface area contributed by atoms with E-state index in [2.05, 4.69) is 15.0 Å². The summed E-state index contributed by atoms with van der Waals surface area (Å²) in [6.07, 6.45) is -1.92. The smallest absolute Gasteiger partial charge is 0.343 e. The second-order valence-corrected chi connectivity index (χ2v) is 9.23. The summed E-state index contributed by atoms with van der Waals surface area (Å²) in [7, 11) is 2.04. The van der Waals surface area contributed by atoms with Gasteiger partial charge in [-0.2, -0.15) is 18.2 Å². The van der Waals surface area contributed by atoms with Crippen LogP contribution in [0.1, 0.15) is 49.5 Å². The molecule has 35 heavy (non-hydrogen) atoms. The average Bonchev–Trinajstić information content (AvgIpc) is 3.34. The SMILES string of the molecule is CN1CCN(C(=O)CCCC(=O)N2CCC(c3nc(-c4cccc(C(F)(F)F)c4)no3)CC2)CC1. The summed E-state index contributed by atoms with van der Waals surface area (Å²) in [5.74, 6) is 0.587. The summed E-state index contributed by atoms with van der Waals surface area (Å²) in [5, 5.41) is 3.87. The van der Waals surface area contributed by atoms with Crippen molar-refractivity contribution in [2.45, 2.75) is 44.2 Å². The highest BCUT2D eigenvalue weighted by Gasteiger charge is 2.31. The molecule has 4 rings (SSSR count). The van der Waals surface area contributed by atoms with Gasteiger partial charge in [-0.05, 0) is 38.4 Å². The Labute approximate surface area is 202 Å². The van der Waals surface area contributed by atoms with Crippen LogP contribution >= 0.6 is 0 Å².